The first-order chi connectivity index (χ1) is 30.6. The predicted octanol–water partition coefficient (Wildman–Crippen LogP) is 1.40. The Morgan fingerprint density at radius 1 is 0.562 bits per heavy atom. The SMILES string of the molecule is C1C[NH2+]CC[NH2+]1.COc1ccc2c(c1)c(CC(=O)OCC(=O)[O-])c(C)n2C(=O)c1ccc(Cl)cc1.COc1ccc2c(c1)c(CC(=O)OCC(=O)[O-])c(C)n2C(=O)c1ccc(Cl)cc1. The number of halogens is 2. The van der Waals surface area contributed by atoms with Crippen molar-refractivity contribution < 1.29 is 68.6 Å². The molecule has 16 nitrogen and oxygen atoms in total. The second-order valence-electron chi connectivity index (χ2n) is 14.3. The van der Waals surface area contributed by atoms with Crippen molar-refractivity contribution in [3.63, 3.8) is 0 Å². The Labute approximate surface area is 377 Å². The van der Waals surface area contributed by atoms with E-state index >= 15 is 0 Å². The first-order valence-corrected chi connectivity index (χ1v) is 20.7. The molecule has 7 rings (SSSR count). The largest absolute Gasteiger partial charge is 0.546 e. The lowest BCUT2D eigenvalue weighted by molar-refractivity contribution is -0.787. The molecule has 0 saturated carbocycles. The number of esters is 2. The molecule has 4 aromatic carbocycles. The molecule has 2 aromatic heterocycles. The van der Waals surface area contributed by atoms with E-state index in [-0.39, 0.29) is 24.7 Å². The van der Waals surface area contributed by atoms with E-state index in [9.17, 15) is 39.0 Å². The van der Waals surface area contributed by atoms with Crippen LogP contribution in [0.15, 0.2) is 84.9 Å². The van der Waals surface area contributed by atoms with Gasteiger partial charge in [-0.05, 0) is 110 Å². The molecule has 1 saturated heterocycles. The zero-order chi connectivity index (χ0) is 46.5. The van der Waals surface area contributed by atoms with Crippen molar-refractivity contribution in [2.24, 2.45) is 0 Å². The van der Waals surface area contributed by atoms with E-state index in [0.717, 1.165) is 0 Å². The molecule has 0 atom stereocenters. The minimum absolute atomic E-state index is 0.205. The average Bonchev–Trinajstić information content (AvgIpc) is 3.72. The van der Waals surface area contributed by atoms with Crippen LogP contribution in [0.1, 0.15) is 43.2 Å². The lowest BCUT2D eigenvalue weighted by atomic mass is 10.1. The number of hydrogen-bond acceptors (Lipinski definition) is 12. The molecule has 1 aliphatic heterocycles. The van der Waals surface area contributed by atoms with Crippen LogP contribution in [0.3, 0.4) is 0 Å². The monoisotopic (exact) mass is 916 g/mol. The number of nitrogens with zero attached hydrogens (tertiary/aromatic N) is 2. The van der Waals surface area contributed by atoms with E-state index in [1.807, 2.05) is 0 Å². The third-order valence-corrected chi connectivity index (χ3v) is 10.7. The number of carboxylic acid groups (broad SMARTS) is 2. The highest BCUT2D eigenvalue weighted by Crippen LogP contribution is 2.32. The van der Waals surface area contributed by atoms with Crippen molar-refractivity contribution in [1.82, 2.24) is 9.13 Å². The number of ether oxygens (including phenoxy) is 4. The fourth-order valence-electron chi connectivity index (χ4n) is 7.02. The highest BCUT2D eigenvalue weighted by molar-refractivity contribution is 6.31. The van der Waals surface area contributed by atoms with E-state index in [4.69, 9.17) is 42.1 Å². The first kappa shape index (κ1) is 48.3. The van der Waals surface area contributed by atoms with Gasteiger partial charge in [-0.25, -0.2) is 0 Å². The average molecular weight is 918 g/mol. The van der Waals surface area contributed by atoms with Crippen LogP contribution in [0.5, 0.6) is 11.5 Å². The second kappa shape index (κ2) is 22.6. The highest BCUT2D eigenvalue weighted by Gasteiger charge is 2.24. The molecule has 1 fully saturated rings. The summed E-state index contributed by atoms with van der Waals surface area (Å²) in [4.78, 5) is 71.6. The number of hydrogen-bond donors (Lipinski definition) is 2. The summed E-state index contributed by atoms with van der Waals surface area (Å²) < 4.78 is 22.9. The van der Waals surface area contributed by atoms with E-state index in [1.54, 1.807) is 98.8 Å². The van der Waals surface area contributed by atoms with E-state index in [2.05, 4.69) is 10.6 Å². The van der Waals surface area contributed by atoms with E-state index < -0.39 is 37.1 Å². The molecule has 0 unspecified atom stereocenters. The zero-order valence-corrected chi connectivity index (χ0v) is 37.0. The number of methoxy groups -OCH3 is 2. The van der Waals surface area contributed by atoms with Crippen molar-refractivity contribution in [2.75, 3.05) is 53.6 Å². The van der Waals surface area contributed by atoms with Gasteiger partial charge in [0.15, 0.2) is 0 Å². The molecule has 0 aliphatic carbocycles. The Balaban J connectivity index is 0.000000212. The van der Waals surface area contributed by atoms with Crippen molar-refractivity contribution >= 4 is 80.7 Å². The van der Waals surface area contributed by atoms with Gasteiger partial charge >= 0.3 is 11.9 Å². The molecule has 0 spiro atoms. The van der Waals surface area contributed by atoms with Crippen LogP contribution in [-0.4, -0.2) is 98.4 Å². The van der Waals surface area contributed by atoms with Gasteiger partial charge in [-0.15, -0.1) is 0 Å². The molecular weight excluding hydrogens is 871 g/mol. The number of aliphatic carboxylic acids is 2. The summed E-state index contributed by atoms with van der Waals surface area (Å²) >= 11 is 11.8. The van der Waals surface area contributed by atoms with Crippen LogP contribution >= 0.6 is 23.2 Å². The predicted molar refractivity (Wildman–Crippen MR) is 231 cm³/mol. The summed E-state index contributed by atoms with van der Waals surface area (Å²) in [7, 11) is 3.02. The number of quaternary nitrogens is 2. The van der Waals surface area contributed by atoms with Gasteiger partial charge in [-0.1, -0.05) is 23.2 Å². The number of rotatable bonds is 12. The molecular formula is C46H46Cl2N4O12. The Morgan fingerprint density at radius 2 is 0.906 bits per heavy atom. The number of carbonyl (C=O) groups is 6. The van der Waals surface area contributed by atoms with Crippen LogP contribution in [-0.2, 0) is 41.5 Å². The zero-order valence-electron chi connectivity index (χ0n) is 35.4. The van der Waals surface area contributed by atoms with Gasteiger partial charge < -0.3 is 49.4 Å². The fraction of sp³-hybridized carbons (Fsp3) is 0.261. The lowest BCUT2D eigenvalue weighted by Gasteiger charge is -2.08. The number of nitrogens with two attached hydrogens (primary N) is 2. The maximum atomic E-state index is 13.1. The number of carboxylic acids is 2. The second-order valence-corrected chi connectivity index (χ2v) is 15.2. The summed E-state index contributed by atoms with van der Waals surface area (Å²) in [5.41, 5.74) is 4.20. The van der Waals surface area contributed by atoms with Crippen LogP contribution in [0.4, 0.5) is 0 Å². The summed E-state index contributed by atoms with van der Waals surface area (Å²) in [6.07, 6.45) is -0.409. The summed E-state index contributed by atoms with van der Waals surface area (Å²) in [5.74, 6) is -3.92. The summed E-state index contributed by atoms with van der Waals surface area (Å²) in [5, 5.41) is 28.1. The van der Waals surface area contributed by atoms with E-state index in [0.29, 0.717) is 77.0 Å². The molecule has 0 bridgehead atoms. The summed E-state index contributed by atoms with van der Waals surface area (Å²) in [6.45, 7) is 7.04. The third kappa shape index (κ3) is 12.3. The normalized spacial score (nSPS) is 12.0. The van der Waals surface area contributed by atoms with Crippen LogP contribution in [0.25, 0.3) is 21.8 Å². The van der Waals surface area contributed by atoms with Gasteiger partial charge in [0.05, 0.1) is 50.0 Å². The van der Waals surface area contributed by atoms with Crippen LogP contribution in [0.2, 0.25) is 10.0 Å². The fourth-order valence-corrected chi connectivity index (χ4v) is 7.27. The Kier molecular flexibility index (Phi) is 17.0. The number of carbonyl (C=O) groups excluding carboxylic acids is 6. The van der Waals surface area contributed by atoms with Gasteiger partial charge in [0.1, 0.15) is 50.9 Å². The Bertz CT molecular complexity index is 2480. The van der Waals surface area contributed by atoms with Crippen LogP contribution in [0, 0.1) is 13.8 Å². The molecule has 3 heterocycles. The van der Waals surface area contributed by atoms with Crippen molar-refractivity contribution in [3.8, 4) is 11.5 Å². The molecule has 0 radical (unpaired) electrons. The van der Waals surface area contributed by atoms with E-state index in [1.165, 1.54) is 49.5 Å². The molecule has 6 aromatic rings. The standard InChI is InChI=1S/2C21H18ClNO6.C4H10N2/c2*1-12-16(10-20(26)29-11-19(24)25)17-9-15(28-2)7-8-18(17)23(12)21(27)13-3-5-14(22)6-4-13;1-2-6-4-3-5-1/h2*3-9H,10-11H2,1-2H3,(H,24,25);5-6H,1-4H2. The maximum Gasteiger partial charge on any atom is 0.310 e. The summed E-state index contributed by atoms with van der Waals surface area (Å²) in [6, 6.07) is 23.3. The highest BCUT2D eigenvalue weighted by atomic mass is 35.5. The van der Waals surface area contributed by atoms with Gasteiger partial charge in [-0.3, -0.25) is 28.3 Å². The molecule has 4 N–H and O–H groups in total. The Hall–Kier alpha value is -6.72. The van der Waals surface area contributed by atoms with Gasteiger partial charge in [0.25, 0.3) is 11.8 Å². The molecule has 1 aliphatic rings. The molecule has 18 heteroatoms. The molecule has 0 amide bonds. The molecule has 64 heavy (non-hydrogen) atoms. The minimum Gasteiger partial charge on any atom is -0.546 e. The first-order valence-electron chi connectivity index (χ1n) is 19.9. The topological polar surface area (TPSA) is 229 Å². The quantitative estimate of drug-likeness (QED) is 0.166. The number of piperazine rings is 1. The van der Waals surface area contributed by atoms with Crippen LogP contribution < -0.4 is 30.3 Å². The van der Waals surface area contributed by atoms with Crippen molar-refractivity contribution in [2.45, 2.75) is 26.7 Å². The third-order valence-electron chi connectivity index (χ3n) is 10.2. The molecule has 336 valence electrons. The Morgan fingerprint density at radius 3 is 1.20 bits per heavy atom. The number of benzene rings is 4. The smallest absolute Gasteiger partial charge is 0.310 e. The lowest BCUT2D eigenvalue weighted by Crippen LogP contribution is -3.04. The van der Waals surface area contributed by atoms with Gasteiger partial charge in [-0.2, -0.15) is 0 Å². The van der Waals surface area contributed by atoms with Gasteiger partial charge in [0, 0.05) is 43.3 Å². The maximum absolute atomic E-state index is 13.1. The van der Waals surface area contributed by atoms with Crippen molar-refractivity contribution in [1.29, 1.82) is 0 Å². The minimum atomic E-state index is -1.49. The number of aromatic nitrogens is 2. The number of fused-ring (bicyclic) bond motifs is 2. The van der Waals surface area contributed by atoms with Crippen molar-refractivity contribution in [3.05, 3.63) is 129 Å². The van der Waals surface area contributed by atoms with Gasteiger partial charge in [0.2, 0.25) is 0 Å².